The molecular weight excluding hydrogens is 342 g/mol. The number of hydrogen-bond acceptors (Lipinski definition) is 6. The highest BCUT2D eigenvalue weighted by Gasteiger charge is 2.27. The number of hydrogen-bond donors (Lipinski definition) is 2. The first-order chi connectivity index (χ1) is 11.9. The molecular formula is C17H19N3O4S. The lowest BCUT2D eigenvalue weighted by Crippen LogP contribution is -2.20. The molecule has 0 aliphatic carbocycles. The number of carbonyl (C=O) groups excluding carboxylic acids is 1. The van der Waals surface area contributed by atoms with Crippen LogP contribution in [0.2, 0.25) is 0 Å². The Labute approximate surface area is 146 Å². The molecule has 1 aromatic heterocycles. The van der Waals surface area contributed by atoms with Gasteiger partial charge in [0.1, 0.15) is 11.6 Å². The number of carbonyl (C=O) groups is 1. The van der Waals surface area contributed by atoms with Gasteiger partial charge in [-0.1, -0.05) is 6.07 Å². The Morgan fingerprint density at radius 2 is 2.12 bits per heavy atom. The maximum Gasteiger partial charge on any atom is 0.256 e. The quantitative estimate of drug-likeness (QED) is 0.845. The summed E-state index contributed by atoms with van der Waals surface area (Å²) in [5.74, 6) is 1.09. The van der Waals surface area contributed by atoms with E-state index < -0.39 is 9.84 Å². The van der Waals surface area contributed by atoms with Gasteiger partial charge in [0.15, 0.2) is 9.84 Å². The highest BCUT2D eigenvalue weighted by atomic mass is 32.2. The number of nitrogens with zero attached hydrogens (tertiary/aromatic N) is 1. The van der Waals surface area contributed by atoms with Gasteiger partial charge in [-0.05, 0) is 36.8 Å². The second kappa shape index (κ2) is 7.10. The van der Waals surface area contributed by atoms with E-state index in [2.05, 4.69) is 15.6 Å². The standard InChI is InChI=1S/C17H19N3O4S/c1-24-15-4-2-3-12(9-15)17(21)20-16-6-5-13(10-18-16)19-14-7-8-25(22,23)11-14/h2-6,9-10,14,19H,7-8,11H2,1H3,(H,18,20,21). The van der Waals surface area contributed by atoms with E-state index in [4.69, 9.17) is 4.74 Å². The Bertz CT molecular complexity index is 866. The normalized spacial score (nSPS) is 18.5. The van der Waals surface area contributed by atoms with Gasteiger partial charge in [0.2, 0.25) is 0 Å². The van der Waals surface area contributed by atoms with Crippen LogP contribution >= 0.6 is 0 Å². The van der Waals surface area contributed by atoms with Gasteiger partial charge in [0.25, 0.3) is 5.91 Å². The van der Waals surface area contributed by atoms with Crippen LogP contribution in [0.3, 0.4) is 0 Å². The maximum absolute atomic E-state index is 12.2. The van der Waals surface area contributed by atoms with Gasteiger partial charge in [0.05, 0.1) is 30.5 Å². The van der Waals surface area contributed by atoms with Crippen molar-refractivity contribution in [1.82, 2.24) is 4.98 Å². The maximum atomic E-state index is 12.2. The van der Waals surface area contributed by atoms with Crippen molar-refractivity contribution < 1.29 is 17.9 Å². The first kappa shape index (κ1) is 17.2. The molecule has 0 saturated carbocycles. The third-order valence-corrected chi connectivity index (χ3v) is 5.71. The Morgan fingerprint density at radius 3 is 2.76 bits per heavy atom. The molecule has 1 fully saturated rings. The van der Waals surface area contributed by atoms with Crippen LogP contribution in [0.4, 0.5) is 11.5 Å². The first-order valence-electron chi connectivity index (χ1n) is 7.83. The van der Waals surface area contributed by atoms with E-state index in [0.29, 0.717) is 23.6 Å². The van der Waals surface area contributed by atoms with Crippen molar-refractivity contribution in [3.8, 4) is 5.75 Å². The average Bonchev–Trinajstić information content (AvgIpc) is 2.95. The second-order valence-corrected chi connectivity index (χ2v) is 8.09. The van der Waals surface area contributed by atoms with E-state index in [9.17, 15) is 13.2 Å². The number of rotatable bonds is 5. The van der Waals surface area contributed by atoms with Crippen LogP contribution in [0.1, 0.15) is 16.8 Å². The Balaban J connectivity index is 1.61. The zero-order valence-corrected chi connectivity index (χ0v) is 14.5. The van der Waals surface area contributed by atoms with Crippen LogP contribution in [0, 0.1) is 0 Å². The number of amides is 1. The summed E-state index contributed by atoms with van der Waals surface area (Å²) >= 11 is 0. The number of nitrogens with one attached hydrogen (secondary N) is 2. The number of methoxy groups -OCH3 is 1. The van der Waals surface area contributed by atoms with E-state index in [0.717, 1.165) is 5.69 Å². The smallest absolute Gasteiger partial charge is 0.256 e. The molecule has 3 rings (SSSR count). The molecule has 7 nitrogen and oxygen atoms in total. The number of sulfone groups is 1. The van der Waals surface area contributed by atoms with Crippen molar-refractivity contribution in [2.24, 2.45) is 0 Å². The molecule has 1 aromatic carbocycles. The lowest BCUT2D eigenvalue weighted by molar-refractivity contribution is 0.102. The molecule has 1 aliphatic rings. The molecule has 2 aromatic rings. The third kappa shape index (κ3) is 4.48. The fourth-order valence-electron chi connectivity index (χ4n) is 2.65. The van der Waals surface area contributed by atoms with E-state index in [1.807, 2.05) is 0 Å². The van der Waals surface area contributed by atoms with Gasteiger partial charge in [0, 0.05) is 11.6 Å². The number of pyridine rings is 1. The summed E-state index contributed by atoms with van der Waals surface area (Å²) in [6, 6.07) is 10.2. The van der Waals surface area contributed by atoms with Crippen LogP contribution in [0.25, 0.3) is 0 Å². The summed E-state index contributed by atoms with van der Waals surface area (Å²) in [5.41, 5.74) is 1.20. The van der Waals surface area contributed by atoms with Crippen molar-refractivity contribution in [3.63, 3.8) is 0 Å². The summed E-state index contributed by atoms with van der Waals surface area (Å²) in [6.45, 7) is 0. The molecule has 1 aliphatic heterocycles. The highest BCUT2D eigenvalue weighted by molar-refractivity contribution is 7.91. The molecule has 25 heavy (non-hydrogen) atoms. The summed E-state index contributed by atoms with van der Waals surface area (Å²) in [5, 5.41) is 5.87. The van der Waals surface area contributed by atoms with Gasteiger partial charge in [-0.3, -0.25) is 4.79 Å². The van der Waals surface area contributed by atoms with Crippen LogP contribution in [-0.2, 0) is 9.84 Å². The van der Waals surface area contributed by atoms with E-state index in [-0.39, 0.29) is 23.5 Å². The minimum atomic E-state index is -2.93. The minimum absolute atomic E-state index is 0.0935. The van der Waals surface area contributed by atoms with Crippen LogP contribution in [0.15, 0.2) is 42.6 Å². The number of ether oxygens (including phenoxy) is 1. The monoisotopic (exact) mass is 361 g/mol. The fraction of sp³-hybridized carbons (Fsp3) is 0.294. The second-order valence-electron chi connectivity index (χ2n) is 5.86. The summed E-state index contributed by atoms with van der Waals surface area (Å²) < 4.78 is 28.1. The van der Waals surface area contributed by atoms with Gasteiger partial charge < -0.3 is 15.4 Å². The largest absolute Gasteiger partial charge is 0.497 e. The fourth-order valence-corrected chi connectivity index (χ4v) is 4.32. The number of anilines is 2. The predicted octanol–water partition coefficient (Wildman–Crippen LogP) is 1.94. The van der Waals surface area contributed by atoms with Gasteiger partial charge >= 0.3 is 0 Å². The Kier molecular flexibility index (Phi) is 4.89. The number of benzene rings is 1. The molecule has 1 atom stereocenters. The summed E-state index contributed by atoms with van der Waals surface area (Å²) in [4.78, 5) is 16.4. The van der Waals surface area contributed by atoms with Gasteiger partial charge in [-0.2, -0.15) is 0 Å². The van der Waals surface area contributed by atoms with Crippen molar-refractivity contribution in [3.05, 3.63) is 48.2 Å². The van der Waals surface area contributed by atoms with Gasteiger partial charge in [-0.25, -0.2) is 13.4 Å². The van der Waals surface area contributed by atoms with Gasteiger partial charge in [-0.15, -0.1) is 0 Å². The van der Waals surface area contributed by atoms with Crippen molar-refractivity contribution in [2.75, 3.05) is 29.2 Å². The van der Waals surface area contributed by atoms with Crippen LogP contribution < -0.4 is 15.4 Å². The van der Waals surface area contributed by atoms with Crippen molar-refractivity contribution >= 4 is 27.2 Å². The first-order valence-corrected chi connectivity index (χ1v) is 9.66. The molecule has 1 saturated heterocycles. The predicted molar refractivity (Wildman–Crippen MR) is 95.9 cm³/mol. The average molecular weight is 361 g/mol. The van der Waals surface area contributed by atoms with E-state index in [1.165, 1.54) is 0 Å². The van der Waals surface area contributed by atoms with Crippen LogP contribution in [-0.4, -0.2) is 44.0 Å². The lowest BCUT2D eigenvalue weighted by Gasteiger charge is -2.12. The zero-order valence-electron chi connectivity index (χ0n) is 13.7. The lowest BCUT2D eigenvalue weighted by atomic mass is 10.2. The summed E-state index contributed by atoms with van der Waals surface area (Å²) in [7, 11) is -1.38. The highest BCUT2D eigenvalue weighted by Crippen LogP contribution is 2.18. The van der Waals surface area contributed by atoms with E-state index in [1.54, 1.807) is 49.7 Å². The van der Waals surface area contributed by atoms with Crippen molar-refractivity contribution in [1.29, 1.82) is 0 Å². The topological polar surface area (TPSA) is 97.4 Å². The summed E-state index contributed by atoms with van der Waals surface area (Å²) in [6.07, 6.45) is 2.17. The number of aromatic nitrogens is 1. The molecule has 2 N–H and O–H groups in total. The SMILES string of the molecule is COc1cccc(C(=O)Nc2ccc(NC3CCS(=O)(=O)C3)cn2)c1. The zero-order chi connectivity index (χ0) is 17.9. The van der Waals surface area contributed by atoms with Crippen molar-refractivity contribution in [2.45, 2.75) is 12.5 Å². The molecule has 1 amide bonds. The molecule has 0 bridgehead atoms. The molecule has 2 heterocycles. The molecule has 1 unspecified atom stereocenters. The minimum Gasteiger partial charge on any atom is -0.497 e. The van der Waals surface area contributed by atoms with E-state index >= 15 is 0 Å². The Hall–Kier alpha value is -2.61. The third-order valence-electron chi connectivity index (χ3n) is 3.94. The van der Waals surface area contributed by atoms with Crippen LogP contribution in [0.5, 0.6) is 5.75 Å². The Morgan fingerprint density at radius 1 is 1.28 bits per heavy atom. The molecule has 0 spiro atoms. The molecule has 0 radical (unpaired) electrons. The molecule has 132 valence electrons. The molecule has 8 heteroatoms.